The van der Waals surface area contributed by atoms with Crippen molar-refractivity contribution in [3.8, 4) is 5.75 Å². The van der Waals surface area contributed by atoms with E-state index in [0.29, 0.717) is 22.9 Å². The van der Waals surface area contributed by atoms with Gasteiger partial charge in [0.1, 0.15) is 5.92 Å². The largest absolute Gasteiger partial charge is 0.573 e. The van der Waals surface area contributed by atoms with Crippen LogP contribution >= 0.6 is 23.2 Å². The molecule has 164 valence electrons. The van der Waals surface area contributed by atoms with E-state index in [2.05, 4.69) is 15.4 Å². The molecule has 6 nitrogen and oxygen atoms in total. The SMILES string of the molecule is O=C1Nc2c(OC(F)(F)F)cccc2C(C(=O)NCCCc2ccc(Cl)c(Cl)c2)C1=O. The highest BCUT2D eigenvalue weighted by Gasteiger charge is 2.41. The van der Waals surface area contributed by atoms with Gasteiger partial charge in [-0.05, 0) is 42.2 Å². The number of Topliss-reactive ketones (excluding diaryl/α,β-unsaturated/α-hetero) is 1. The van der Waals surface area contributed by atoms with Gasteiger partial charge in [-0.15, -0.1) is 13.2 Å². The first-order valence-corrected chi connectivity index (χ1v) is 9.78. The van der Waals surface area contributed by atoms with Crippen LogP contribution in [-0.4, -0.2) is 30.5 Å². The second-order valence-electron chi connectivity index (χ2n) is 6.66. The Kier molecular flexibility index (Phi) is 6.76. The highest BCUT2D eigenvalue weighted by Crippen LogP contribution is 2.39. The average molecular weight is 475 g/mol. The Hall–Kier alpha value is -2.78. The van der Waals surface area contributed by atoms with Crippen molar-refractivity contribution in [1.29, 1.82) is 0 Å². The van der Waals surface area contributed by atoms with Gasteiger partial charge in [0.15, 0.2) is 5.75 Å². The molecule has 3 rings (SSSR count). The number of amides is 2. The van der Waals surface area contributed by atoms with Crippen LogP contribution in [0.15, 0.2) is 36.4 Å². The summed E-state index contributed by atoms with van der Waals surface area (Å²) < 4.78 is 41.8. The number of rotatable bonds is 6. The molecule has 0 radical (unpaired) electrons. The zero-order valence-electron chi connectivity index (χ0n) is 15.7. The van der Waals surface area contributed by atoms with Crippen LogP contribution in [0.2, 0.25) is 10.0 Å². The molecule has 1 atom stereocenters. The van der Waals surface area contributed by atoms with Gasteiger partial charge in [-0.1, -0.05) is 41.4 Å². The van der Waals surface area contributed by atoms with Crippen LogP contribution in [-0.2, 0) is 20.8 Å². The van der Waals surface area contributed by atoms with E-state index in [-0.39, 0.29) is 17.8 Å². The summed E-state index contributed by atoms with van der Waals surface area (Å²) in [6.07, 6.45) is -3.97. The highest BCUT2D eigenvalue weighted by atomic mass is 35.5. The first-order valence-electron chi connectivity index (χ1n) is 9.02. The number of benzene rings is 2. The summed E-state index contributed by atoms with van der Waals surface area (Å²) in [5, 5.41) is 5.43. The Morgan fingerprint density at radius 3 is 2.55 bits per heavy atom. The number of fused-ring (bicyclic) bond motifs is 1. The highest BCUT2D eigenvalue weighted by molar-refractivity contribution is 6.48. The quantitative estimate of drug-likeness (QED) is 0.372. The normalized spacial score (nSPS) is 15.8. The predicted molar refractivity (Wildman–Crippen MR) is 107 cm³/mol. The summed E-state index contributed by atoms with van der Waals surface area (Å²) in [7, 11) is 0. The predicted octanol–water partition coefficient (Wildman–Crippen LogP) is 4.25. The van der Waals surface area contributed by atoms with Gasteiger partial charge in [0.25, 0.3) is 5.91 Å². The molecule has 1 heterocycles. The molecule has 0 aliphatic carbocycles. The lowest BCUT2D eigenvalue weighted by molar-refractivity contribution is -0.274. The van der Waals surface area contributed by atoms with Gasteiger partial charge in [-0.25, -0.2) is 0 Å². The van der Waals surface area contributed by atoms with Crippen molar-refractivity contribution >= 4 is 46.5 Å². The van der Waals surface area contributed by atoms with Gasteiger partial charge < -0.3 is 15.4 Å². The number of halogens is 5. The van der Waals surface area contributed by atoms with Gasteiger partial charge in [-0.3, -0.25) is 14.4 Å². The number of alkyl halides is 3. The number of hydrogen-bond acceptors (Lipinski definition) is 4. The van der Waals surface area contributed by atoms with Crippen molar-refractivity contribution in [2.75, 3.05) is 11.9 Å². The van der Waals surface area contributed by atoms with Gasteiger partial charge in [-0.2, -0.15) is 0 Å². The Morgan fingerprint density at radius 1 is 1.13 bits per heavy atom. The molecule has 2 aromatic carbocycles. The molecule has 1 unspecified atom stereocenters. The number of ether oxygens (including phenoxy) is 1. The molecule has 1 aliphatic heterocycles. The number of anilines is 1. The summed E-state index contributed by atoms with van der Waals surface area (Å²) in [6, 6.07) is 8.59. The second-order valence-corrected chi connectivity index (χ2v) is 7.48. The maximum atomic E-state index is 12.6. The second kappa shape index (κ2) is 9.15. The van der Waals surface area contributed by atoms with Crippen LogP contribution in [0.25, 0.3) is 0 Å². The van der Waals surface area contributed by atoms with Crippen LogP contribution in [0.5, 0.6) is 5.75 Å². The number of hydrogen-bond donors (Lipinski definition) is 2. The van der Waals surface area contributed by atoms with Crippen molar-refractivity contribution in [1.82, 2.24) is 5.32 Å². The van der Waals surface area contributed by atoms with E-state index in [1.165, 1.54) is 12.1 Å². The fourth-order valence-corrected chi connectivity index (χ4v) is 3.46. The molecule has 2 amide bonds. The molecule has 31 heavy (non-hydrogen) atoms. The molecule has 11 heteroatoms. The molecule has 0 aromatic heterocycles. The molecular formula is C20H15Cl2F3N2O4. The molecule has 2 aromatic rings. The van der Waals surface area contributed by atoms with Crippen molar-refractivity contribution in [2.45, 2.75) is 25.1 Å². The minimum Gasteiger partial charge on any atom is -0.404 e. The third kappa shape index (κ3) is 5.48. The third-order valence-electron chi connectivity index (χ3n) is 4.51. The summed E-state index contributed by atoms with van der Waals surface area (Å²) in [4.78, 5) is 36.9. The van der Waals surface area contributed by atoms with E-state index in [4.69, 9.17) is 23.2 Å². The van der Waals surface area contributed by atoms with Crippen LogP contribution in [0.4, 0.5) is 18.9 Å². The Morgan fingerprint density at radius 2 is 1.87 bits per heavy atom. The van der Waals surface area contributed by atoms with Gasteiger partial charge in [0, 0.05) is 6.54 Å². The average Bonchev–Trinajstić information content (AvgIpc) is 2.68. The van der Waals surface area contributed by atoms with Gasteiger partial charge in [0.2, 0.25) is 11.7 Å². The van der Waals surface area contributed by atoms with Crippen LogP contribution in [0, 0.1) is 0 Å². The molecule has 2 N–H and O–H groups in total. The van der Waals surface area contributed by atoms with E-state index >= 15 is 0 Å². The van der Waals surface area contributed by atoms with E-state index in [0.717, 1.165) is 11.6 Å². The summed E-state index contributed by atoms with van der Waals surface area (Å²) in [6.45, 7) is 0.165. The van der Waals surface area contributed by atoms with Gasteiger partial charge in [0.05, 0.1) is 15.7 Å². The maximum absolute atomic E-state index is 12.6. The Labute approximate surface area is 184 Å². The summed E-state index contributed by atoms with van der Waals surface area (Å²) in [5.41, 5.74) is 0.449. The van der Waals surface area contributed by atoms with Crippen molar-refractivity contribution < 1.29 is 32.3 Å². The lowest BCUT2D eigenvalue weighted by atomic mass is 9.88. The van der Waals surface area contributed by atoms with Crippen LogP contribution in [0.1, 0.15) is 23.5 Å². The molecular weight excluding hydrogens is 460 g/mol. The standard InChI is InChI=1S/C20H15Cl2F3N2O4/c21-12-7-6-10(9-13(12)22)3-2-8-26-18(29)15-11-4-1-5-14(31-20(23,24)25)16(11)27-19(30)17(15)28/h1,4-7,9,15H,2-3,8H2,(H,26,29)(H,27,30). The van der Waals surface area contributed by atoms with Crippen molar-refractivity contribution in [3.05, 3.63) is 57.6 Å². The molecule has 0 bridgehead atoms. The Bertz CT molecular complexity index is 1040. The molecule has 0 spiro atoms. The van der Waals surface area contributed by atoms with Crippen LogP contribution < -0.4 is 15.4 Å². The third-order valence-corrected chi connectivity index (χ3v) is 5.25. The number of carbonyl (C=O) groups is 3. The fraction of sp³-hybridized carbons (Fsp3) is 0.250. The maximum Gasteiger partial charge on any atom is 0.573 e. The summed E-state index contributed by atoms with van der Waals surface area (Å²) >= 11 is 11.8. The van der Waals surface area contributed by atoms with Crippen LogP contribution in [0.3, 0.4) is 0 Å². The van der Waals surface area contributed by atoms with E-state index in [1.807, 2.05) is 0 Å². The fourth-order valence-electron chi connectivity index (χ4n) is 3.14. The lowest BCUT2D eigenvalue weighted by Gasteiger charge is -2.25. The number of aryl methyl sites for hydroxylation is 1. The summed E-state index contributed by atoms with van der Waals surface area (Å²) in [5.74, 6) is -5.34. The lowest BCUT2D eigenvalue weighted by Crippen LogP contribution is -2.42. The minimum atomic E-state index is -5.01. The van der Waals surface area contributed by atoms with E-state index < -0.39 is 35.6 Å². The smallest absolute Gasteiger partial charge is 0.404 e. The van der Waals surface area contributed by atoms with Gasteiger partial charge >= 0.3 is 6.36 Å². The number of nitrogens with one attached hydrogen (secondary N) is 2. The zero-order valence-corrected chi connectivity index (χ0v) is 17.2. The zero-order chi connectivity index (χ0) is 22.8. The first-order chi connectivity index (χ1) is 14.6. The van der Waals surface area contributed by atoms with E-state index in [1.54, 1.807) is 18.2 Å². The van der Waals surface area contributed by atoms with Crippen molar-refractivity contribution in [2.24, 2.45) is 0 Å². The monoisotopic (exact) mass is 474 g/mol. The number of ketones is 1. The molecule has 0 saturated heterocycles. The van der Waals surface area contributed by atoms with Crippen molar-refractivity contribution in [3.63, 3.8) is 0 Å². The first kappa shape index (κ1) is 22.9. The topological polar surface area (TPSA) is 84.5 Å². The minimum absolute atomic E-state index is 0.0756. The van der Waals surface area contributed by atoms with E-state index in [9.17, 15) is 27.6 Å². The number of carbonyl (C=O) groups excluding carboxylic acids is 3. The molecule has 0 saturated carbocycles. The Balaban J connectivity index is 1.70. The molecule has 0 fully saturated rings. The number of para-hydroxylation sites is 1. The molecule has 1 aliphatic rings.